The van der Waals surface area contributed by atoms with Crippen LogP contribution in [0.1, 0.15) is 26.2 Å². The van der Waals surface area contributed by atoms with Gasteiger partial charge in [0.15, 0.2) is 0 Å². The number of benzene rings is 1. The molecular weight excluding hydrogens is 200 g/mol. The molecule has 1 N–H and O–H groups in total. The number of ether oxygens (including phenoxy) is 1. The van der Waals surface area contributed by atoms with Gasteiger partial charge >= 0.3 is 0 Å². The molecule has 0 aliphatic rings. The lowest BCUT2D eigenvalue weighted by atomic mass is 10.2. The molecule has 0 heterocycles. The Bertz CT molecular complexity index is 335. The fourth-order valence-electron chi connectivity index (χ4n) is 1.27. The maximum atomic E-state index is 9.45. The van der Waals surface area contributed by atoms with Gasteiger partial charge in [-0.05, 0) is 18.6 Å². The monoisotopic (exact) mass is 218 g/mol. The second-order valence-corrected chi connectivity index (χ2v) is 3.58. The maximum Gasteiger partial charge on any atom is 0.149 e. The summed E-state index contributed by atoms with van der Waals surface area (Å²) in [5.74, 6) is 6.39. The summed E-state index contributed by atoms with van der Waals surface area (Å²) in [5.41, 5.74) is 0. The van der Waals surface area contributed by atoms with Gasteiger partial charge in [-0.1, -0.05) is 49.8 Å². The molecular formula is C14H18O2. The molecule has 0 fully saturated rings. The quantitative estimate of drug-likeness (QED) is 0.770. The summed E-state index contributed by atoms with van der Waals surface area (Å²) in [4.78, 5) is 0. The lowest BCUT2D eigenvalue weighted by Crippen LogP contribution is -2.03. The van der Waals surface area contributed by atoms with E-state index >= 15 is 0 Å². The summed E-state index contributed by atoms with van der Waals surface area (Å²) < 4.78 is 5.38. The van der Waals surface area contributed by atoms with E-state index in [1.165, 1.54) is 0 Å². The first-order valence-corrected chi connectivity index (χ1v) is 5.67. The third kappa shape index (κ3) is 5.43. The van der Waals surface area contributed by atoms with Gasteiger partial charge in [-0.25, -0.2) is 0 Å². The van der Waals surface area contributed by atoms with E-state index < -0.39 is 6.10 Å². The molecule has 1 aromatic rings. The van der Waals surface area contributed by atoms with Crippen LogP contribution < -0.4 is 4.74 Å². The van der Waals surface area contributed by atoms with E-state index in [-0.39, 0.29) is 0 Å². The van der Waals surface area contributed by atoms with E-state index in [0.29, 0.717) is 6.61 Å². The van der Waals surface area contributed by atoms with E-state index in [9.17, 15) is 5.11 Å². The van der Waals surface area contributed by atoms with Crippen molar-refractivity contribution in [1.29, 1.82) is 0 Å². The molecule has 0 aliphatic carbocycles. The zero-order valence-electron chi connectivity index (χ0n) is 9.65. The fraction of sp³-hybridized carbons (Fsp3) is 0.429. The largest absolute Gasteiger partial charge is 0.481 e. The molecule has 16 heavy (non-hydrogen) atoms. The first-order valence-electron chi connectivity index (χ1n) is 5.67. The highest BCUT2D eigenvalue weighted by Gasteiger charge is 1.96. The molecule has 0 spiro atoms. The Kier molecular flexibility index (Phi) is 6.13. The average molecular weight is 218 g/mol. The van der Waals surface area contributed by atoms with Crippen LogP contribution in [0.4, 0.5) is 0 Å². The second kappa shape index (κ2) is 7.78. The number of rotatable bonds is 5. The van der Waals surface area contributed by atoms with Gasteiger partial charge in [0.2, 0.25) is 0 Å². The van der Waals surface area contributed by atoms with Gasteiger partial charge in [0.1, 0.15) is 18.5 Å². The van der Waals surface area contributed by atoms with Crippen LogP contribution in [-0.2, 0) is 0 Å². The van der Waals surface area contributed by atoms with Crippen LogP contribution in [0.15, 0.2) is 30.3 Å². The number of aliphatic hydroxyl groups is 1. The minimum atomic E-state index is -0.515. The Morgan fingerprint density at radius 1 is 1.31 bits per heavy atom. The molecule has 0 saturated heterocycles. The highest BCUT2D eigenvalue weighted by atomic mass is 16.5. The zero-order chi connectivity index (χ0) is 11.6. The van der Waals surface area contributed by atoms with E-state index in [1.54, 1.807) is 0 Å². The Morgan fingerprint density at radius 2 is 2.06 bits per heavy atom. The zero-order valence-corrected chi connectivity index (χ0v) is 9.65. The van der Waals surface area contributed by atoms with Crippen LogP contribution in [0.2, 0.25) is 0 Å². The summed E-state index contributed by atoms with van der Waals surface area (Å²) in [7, 11) is 0. The number of unbranched alkanes of at least 4 members (excludes halogenated alkanes) is 1. The van der Waals surface area contributed by atoms with Crippen LogP contribution in [-0.4, -0.2) is 17.8 Å². The molecule has 2 heteroatoms. The first-order chi connectivity index (χ1) is 7.83. The molecule has 0 amide bonds. The molecule has 0 radical (unpaired) electrons. The topological polar surface area (TPSA) is 29.5 Å². The molecule has 1 rings (SSSR count). The average Bonchev–Trinajstić information content (AvgIpc) is 2.33. The van der Waals surface area contributed by atoms with Gasteiger partial charge in [-0.15, -0.1) is 0 Å². The Hall–Kier alpha value is -1.46. The van der Waals surface area contributed by atoms with Gasteiger partial charge < -0.3 is 9.84 Å². The first kappa shape index (κ1) is 12.6. The standard InChI is InChI=1S/C14H18O2/c1-2-3-8-13(15)9-7-12-16-14-10-5-4-6-11-14/h4-6,10-11,13,15H,2-3,8,12H2,1H3. The Labute approximate surface area is 97.3 Å². The van der Waals surface area contributed by atoms with Gasteiger partial charge in [0, 0.05) is 0 Å². The third-order valence-corrected chi connectivity index (χ3v) is 2.15. The lowest BCUT2D eigenvalue weighted by Gasteiger charge is -2.01. The molecule has 0 bridgehead atoms. The van der Waals surface area contributed by atoms with Crippen LogP contribution in [0.5, 0.6) is 5.75 Å². The molecule has 1 unspecified atom stereocenters. The molecule has 0 aliphatic heterocycles. The lowest BCUT2D eigenvalue weighted by molar-refractivity contribution is 0.218. The summed E-state index contributed by atoms with van der Waals surface area (Å²) in [6, 6.07) is 9.54. The second-order valence-electron chi connectivity index (χ2n) is 3.58. The third-order valence-electron chi connectivity index (χ3n) is 2.15. The van der Waals surface area contributed by atoms with Gasteiger partial charge in [0.05, 0.1) is 0 Å². The van der Waals surface area contributed by atoms with Crippen LogP contribution in [0.25, 0.3) is 0 Å². The summed E-state index contributed by atoms with van der Waals surface area (Å²) in [6.07, 6.45) is 2.32. The van der Waals surface area contributed by atoms with E-state index in [0.717, 1.165) is 25.0 Å². The normalized spacial score (nSPS) is 11.4. The van der Waals surface area contributed by atoms with Crippen LogP contribution >= 0.6 is 0 Å². The number of aliphatic hydroxyl groups excluding tert-OH is 1. The minimum Gasteiger partial charge on any atom is -0.481 e. The number of para-hydroxylation sites is 1. The van der Waals surface area contributed by atoms with E-state index in [4.69, 9.17) is 4.74 Å². The van der Waals surface area contributed by atoms with Crippen molar-refractivity contribution in [3.63, 3.8) is 0 Å². The Morgan fingerprint density at radius 3 is 2.75 bits per heavy atom. The molecule has 1 aromatic carbocycles. The smallest absolute Gasteiger partial charge is 0.149 e. The van der Waals surface area contributed by atoms with Crippen molar-refractivity contribution in [1.82, 2.24) is 0 Å². The van der Waals surface area contributed by atoms with Crippen molar-refractivity contribution >= 4 is 0 Å². The van der Waals surface area contributed by atoms with Crippen molar-refractivity contribution in [3.05, 3.63) is 30.3 Å². The minimum absolute atomic E-state index is 0.327. The van der Waals surface area contributed by atoms with Crippen LogP contribution in [0.3, 0.4) is 0 Å². The predicted octanol–water partition coefficient (Wildman–Crippen LogP) is 2.62. The van der Waals surface area contributed by atoms with Gasteiger partial charge in [0.25, 0.3) is 0 Å². The van der Waals surface area contributed by atoms with E-state index in [2.05, 4.69) is 18.8 Å². The highest BCUT2D eigenvalue weighted by Crippen LogP contribution is 2.07. The summed E-state index contributed by atoms with van der Waals surface area (Å²) >= 11 is 0. The predicted molar refractivity (Wildman–Crippen MR) is 65.2 cm³/mol. The van der Waals surface area contributed by atoms with Crippen molar-refractivity contribution in [2.45, 2.75) is 32.3 Å². The van der Waals surface area contributed by atoms with Crippen molar-refractivity contribution in [2.75, 3.05) is 6.61 Å². The Balaban J connectivity index is 2.22. The van der Waals surface area contributed by atoms with Gasteiger partial charge in [-0.3, -0.25) is 0 Å². The molecule has 0 aromatic heterocycles. The van der Waals surface area contributed by atoms with Crippen molar-refractivity contribution in [3.8, 4) is 17.6 Å². The number of hydrogen-bond donors (Lipinski definition) is 1. The SMILES string of the molecule is CCCCC(O)C#CCOc1ccccc1. The highest BCUT2D eigenvalue weighted by molar-refractivity contribution is 5.21. The molecule has 1 atom stereocenters. The molecule has 0 saturated carbocycles. The van der Waals surface area contributed by atoms with Crippen molar-refractivity contribution in [2.24, 2.45) is 0 Å². The van der Waals surface area contributed by atoms with Crippen molar-refractivity contribution < 1.29 is 9.84 Å². The number of hydrogen-bond acceptors (Lipinski definition) is 2. The molecule has 86 valence electrons. The van der Waals surface area contributed by atoms with E-state index in [1.807, 2.05) is 30.3 Å². The van der Waals surface area contributed by atoms with Gasteiger partial charge in [-0.2, -0.15) is 0 Å². The summed E-state index contributed by atoms with van der Waals surface area (Å²) in [5, 5.41) is 9.45. The molecule has 2 nitrogen and oxygen atoms in total. The maximum absolute atomic E-state index is 9.45. The van der Waals surface area contributed by atoms with Crippen LogP contribution in [0, 0.1) is 11.8 Å². The fourth-order valence-corrected chi connectivity index (χ4v) is 1.27. The summed E-state index contributed by atoms with van der Waals surface area (Å²) in [6.45, 7) is 2.42.